The molecule has 1 heterocycles. The Bertz CT molecular complexity index is 753. The van der Waals surface area contributed by atoms with Gasteiger partial charge in [-0.2, -0.15) is 14.0 Å². The average Bonchev–Trinajstić information content (AvgIpc) is 3.02. The number of amides is 1. The van der Waals surface area contributed by atoms with Crippen molar-refractivity contribution >= 4 is 11.6 Å². The van der Waals surface area contributed by atoms with E-state index in [1.807, 2.05) is 6.07 Å². The molecular weight excluding hydrogens is 316 g/mol. The second-order valence-corrected chi connectivity index (χ2v) is 5.27. The number of nitrogens with one attached hydrogen (secondary N) is 1. The molecule has 126 valence electrons. The van der Waals surface area contributed by atoms with Crippen molar-refractivity contribution in [3.63, 3.8) is 0 Å². The largest absolute Gasteiger partial charge is 0.324 e. The highest BCUT2D eigenvalue weighted by Gasteiger charge is 2.21. The minimum atomic E-state index is -2.68. The molecule has 2 aromatic rings. The van der Waals surface area contributed by atoms with Crippen molar-refractivity contribution in [1.29, 1.82) is 5.26 Å². The molecule has 1 N–H and O–H groups in total. The van der Waals surface area contributed by atoms with Crippen molar-refractivity contribution in [2.75, 3.05) is 12.4 Å². The van der Waals surface area contributed by atoms with Crippen molar-refractivity contribution < 1.29 is 13.6 Å². The van der Waals surface area contributed by atoms with E-state index in [0.717, 1.165) is 4.57 Å². The number of carbonyl (C=O) groups is 1. The Balaban J connectivity index is 2.04. The first kappa shape index (κ1) is 17.6. The van der Waals surface area contributed by atoms with Crippen molar-refractivity contribution in [3.05, 3.63) is 48.0 Å². The second-order valence-electron chi connectivity index (χ2n) is 5.27. The van der Waals surface area contributed by atoms with E-state index in [0.29, 0.717) is 11.3 Å². The highest BCUT2D eigenvalue weighted by molar-refractivity contribution is 5.95. The number of anilines is 1. The average molecular weight is 333 g/mol. The maximum Gasteiger partial charge on any atom is 0.319 e. The van der Waals surface area contributed by atoms with Crippen molar-refractivity contribution in [1.82, 2.24) is 14.5 Å². The number of carbonyl (C=O) groups excluding carboxylic acids is 1. The van der Waals surface area contributed by atoms with Crippen LogP contribution in [0, 0.1) is 11.3 Å². The van der Waals surface area contributed by atoms with Crippen molar-refractivity contribution in [2.24, 2.45) is 0 Å². The van der Waals surface area contributed by atoms with Crippen LogP contribution in [0.5, 0.6) is 0 Å². The first-order valence-electron chi connectivity index (χ1n) is 7.24. The fourth-order valence-corrected chi connectivity index (χ4v) is 2.13. The van der Waals surface area contributed by atoms with Gasteiger partial charge in [-0.05, 0) is 26.1 Å². The molecule has 0 bridgehead atoms. The molecule has 1 amide bonds. The molecule has 0 saturated carbocycles. The summed E-state index contributed by atoms with van der Waals surface area (Å²) in [5, 5.41) is 11.7. The number of likely N-dealkylation sites (N-methyl/N-ethyl adjacent to an activating group) is 1. The molecule has 0 fully saturated rings. The Kier molecular flexibility index (Phi) is 5.60. The van der Waals surface area contributed by atoms with E-state index in [-0.39, 0.29) is 18.3 Å². The van der Waals surface area contributed by atoms with Crippen molar-refractivity contribution in [3.8, 4) is 6.07 Å². The summed E-state index contributed by atoms with van der Waals surface area (Å²) in [7, 11) is 1.64. The van der Waals surface area contributed by atoms with E-state index in [4.69, 9.17) is 5.26 Å². The number of hydrogen-bond donors (Lipinski definition) is 1. The Morgan fingerprint density at radius 2 is 2.17 bits per heavy atom. The van der Waals surface area contributed by atoms with Gasteiger partial charge in [-0.1, -0.05) is 12.1 Å². The highest BCUT2D eigenvalue weighted by atomic mass is 19.3. The van der Waals surface area contributed by atoms with Crippen LogP contribution in [0.4, 0.5) is 14.5 Å². The van der Waals surface area contributed by atoms with E-state index in [1.165, 1.54) is 12.4 Å². The summed E-state index contributed by atoms with van der Waals surface area (Å²) in [4.78, 5) is 17.8. The number of nitriles is 1. The number of imidazole rings is 1. The highest BCUT2D eigenvalue weighted by Crippen LogP contribution is 2.16. The topological polar surface area (TPSA) is 74.0 Å². The van der Waals surface area contributed by atoms with Gasteiger partial charge < -0.3 is 5.32 Å². The quantitative estimate of drug-likeness (QED) is 0.882. The molecule has 0 radical (unpaired) electrons. The standard InChI is InChI=1S/C16H17F2N5O/c1-11(15(24)21-13-6-4-3-5-12(13)9-19)22(2)10-14-20-7-8-23(14)16(17)18/h3-8,11,16H,10H2,1-2H3,(H,21,24). The summed E-state index contributed by atoms with van der Waals surface area (Å²) in [6, 6.07) is 8.05. The maximum absolute atomic E-state index is 12.8. The first-order chi connectivity index (χ1) is 11.4. The van der Waals surface area contributed by atoms with E-state index in [9.17, 15) is 13.6 Å². The first-order valence-corrected chi connectivity index (χ1v) is 7.24. The van der Waals surface area contributed by atoms with Gasteiger partial charge in [0.05, 0.1) is 23.8 Å². The molecule has 0 aliphatic heterocycles. The Labute approximate surface area is 138 Å². The van der Waals surface area contributed by atoms with Gasteiger partial charge in [0, 0.05) is 12.4 Å². The lowest BCUT2D eigenvalue weighted by Gasteiger charge is -2.24. The normalized spacial score (nSPS) is 12.2. The number of halogens is 2. The molecule has 0 saturated heterocycles. The van der Waals surface area contributed by atoms with Crippen LogP contribution in [0.25, 0.3) is 0 Å². The summed E-state index contributed by atoms with van der Waals surface area (Å²) in [5.41, 5.74) is 0.772. The molecular formula is C16H17F2N5O. The third-order valence-electron chi connectivity index (χ3n) is 3.70. The Morgan fingerprint density at radius 1 is 1.46 bits per heavy atom. The smallest absolute Gasteiger partial charge is 0.319 e. The van der Waals surface area contributed by atoms with Crippen LogP contribution in [0.3, 0.4) is 0 Å². The molecule has 1 aromatic heterocycles. The van der Waals surface area contributed by atoms with Crippen LogP contribution in [-0.2, 0) is 11.3 Å². The summed E-state index contributed by atoms with van der Waals surface area (Å²) >= 11 is 0. The molecule has 0 aliphatic rings. The van der Waals surface area contributed by atoms with Crippen LogP contribution in [0.15, 0.2) is 36.7 Å². The predicted octanol–water partition coefficient (Wildman–Crippen LogP) is 2.61. The van der Waals surface area contributed by atoms with Crippen LogP contribution in [-0.4, -0.2) is 33.4 Å². The van der Waals surface area contributed by atoms with Crippen LogP contribution < -0.4 is 5.32 Å². The summed E-state index contributed by atoms with van der Waals surface area (Å²) in [5.74, 6) is -0.167. The molecule has 24 heavy (non-hydrogen) atoms. The van der Waals surface area contributed by atoms with Crippen LogP contribution in [0.2, 0.25) is 0 Å². The van der Waals surface area contributed by atoms with Gasteiger partial charge in [0.1, 0.15) is 11.9 Å². The summed E-state index contributed by atoms with van der Waals surface area (Å²) < 4.78 is 26.4. The van der Waals surface area contributed by atoms with Crippen molar-refractivity contribution in [2.45, 2.75) is 26.1 Å². The van der Waals surface area contributed by atoms with Gasteiger partial charge in [0.2, 0.25) is 5.91 Å². The zero-order valence-electron chi connectivity index (χ0n) is 13.3. The number of nitrogens with zero attached hydrogens (tertiary/aromatic N) is 4. The number of alkyl halides is 2. The number of hydrogen-bond acceptors (Lipinski definition) is 4. The van der Waals surface area contributed by atoms with Gasteiger partial charge in [-0.15, -0.1) is 0 Å². The SMILES string of the molecule is CC(C(=O)Nc1ccccc1C#N)N(C)Cc1nccn1C(F)F. The van der Waals surface area contributed by atoms with Gasteiger partial charge in [-0.25, -0.2) is 4.98 Å². The molecule has 1 unspecified atom stereocenters. The monoisotopic (exact) mass is 333 g/mol. The maximum atomic E-state index is 12.8. The molecule has 0 spiro atoms. The lowest BCUT2D eigenvalue weighted by atomic mass is 10.2. The third kappa shape index (κ3) is 3.94. The van der Waals surface area contributed by atoms with E-state index in [2.05, 4.69) is 10.3 Å². The minimum Gasteiger partial charge on any atom is -0.324 e. The Morgan fingerprint density at radius 3 is 2.83 bits per heavy atom. The third-order valence-corrected chi connectivity index (χ3v) is 3.70. The molecule has 6 nitrogen and oxygen atoms in total. The fourth-order valence-electron chi connectivity index (χ4n) is 2.13. The summed E-state index contributed by atoms with van der Waals surface area (Å²) in [6.45, 7) is -0.936. The number of benzene rings is 1. The Hall–Kier alpha value is -2.79. The van der Waals surface area contributed by atoms with Crippen LogP contribution in [0.1, 0.15) is 24.9 Å². The molecule has 2 rings (SSSR count). The number of para-hydroxylation sites is 1. The fraction of sp³-hybridized carbons (Fsp3) is 0.312. The van der Waals surface area contributed by atoms with Gasteiger partial charge in [0.15, 0.2) is 0 Å². The van der Waals surface area contributed by atoms with E-state index >= 15 is 0 Å². The summed E-state index contributed by atoms with van der Waals surface area (Å²) in [6.07, 6.45) is 2.49. The lowest BCUT2D eigenvalue weighted by molar-refractivity contribution is -0.120. The molecule has 0 aliphatic carbocycles. The van der Waals surface area contributed by atoms with E-state index < -0.39 is 12.6 Å². The zero-order chi connectivity index (χ0) is 17.7. The zero-order valence-corrected chi connectivity index (χ0v) is 13.3. The van der Waals surface area contributed by atoms with Gasteiger partial charge >= 0.3 is 6.55 Å². The second kappa shape index (κ2) is 7.66. The molecule has 8 heteroatoms. The van der Waals surface area contributed by atoms with Gasteiger partial charge in [-0.3, -0.25) is 14.3 Å². The van der Waals surface area contributed by atoms with Crippen LogP contribution >= 0.6 is 0 Å². The molecule has 1 aromatic carbocycles. The molecule has 1 atom stereocenters. The number of rotatable bonds is 6. The number of aromatic nitrogens is 2. The lowest BCUT2D eigenvalue weighted by Crippen LogP contribution is -2.39. The predicted molar refractivity (Wildman–Crippen MR) is 84.2 cm³/mol. The van der Waals surface area contributed by atoms with Gasteiger partial charge in [0.25, 0.3) is 0 Å². The minimum absolute atomic E-state index is 0.0891. The van der Waals surface area contributed by atoms with E-state index in [1.54, 1.807) is 43.1 Å².